The highest BCUT2D eigenvalue weighted by molar-refractivity contribution is 6.28. The molecule has 6 heteroatoms. The van der Waals surface area contributed by atoms with Gasteiger partial charge in [-0.25, -0.2) is 4.98 Å². The Hall–Kier alpha value is -1.36. The van der Waals surface area contributed by atoms with E-state index in [9.17, 15) is 0 Å². The van der Waals surface area contributed by atoms with E-state index >= 15 is 0 Å². The molecule has 0 atom stereocenters. The molecule has 0 unspecified atom stereocenters. The molecule has 0 spiro atoms. The molecule has 0 fully saturated rings. The van der Waals surface area contributed by atoms with Crippen molar-refractivity contribution in [2.24, 2.45) is 0 Å². The molecule has 2 aromatic rings. The highest BCUT2D eigenvalue weighted by Gasteiger charge is 2.13. The molecule has 0 aromatic carbocycles. The zero-order valence-electron chi connectivity index (χ0n) is 17.9. The molecule has 0 radical (unpaired) electrons. The summed E-state index contributed by atoms with van der Waals surface area (Å²) in [7, 11) is 0. The monoisotopic (exact) mass is 407 g/mol. The Morgan fingerprint density at radius 3 is 1.79 bits per heavy atom. The number of anilines is 1. The second kappa shape index (κ2) is 13.0. The van der Waals surface area contributed by atoms with Gasteiger partial charge in [0, 0.05) is 6.54 Å². The molecule has 0 aliphatic rings. The van der Waals surface area contributed by atoms with Gasteiger partial charge in [0.1, 0.15) is 11.3 Å². The van der Waals surface area contributed by atoms with Crippen LogP contribution in [0.4, 0.5) is 5.82 Å². The van der Waals surface area contributed by atoms with E-state index in [0.29, 0.717) is 11.5 Å². The number of imidazole rings is 1. The number of nitrogen functional groups attached to an aromatic ring is 1. The topological polar surface area (TPSA) is 69.6 Å². The molecule has 158 valence electrons. The fraction of sp³-hybridized carbons (Fsp3) is 0.773. The predicted octanol–water partition coefficient (Wildman–Crippen LogP) is 6.85. The number of hydrogen-bond acceptors (Lipinski definition) is 4. The van der Waals surface area contributed by atoms with Crippen LogP contribution in [0.15, 0.2) is 0 Å². The molecule has 0 bridgehead atoms. The fourth-order valence-corrected chi connectivity index (χ4v) is 4.05. The average molecular weight is 408 g/mol. The molecule has 5 nitrogen and oxygen atoms in total. The van der Waals surface area contributed by atoms with Gasteiger partial charge in [0.2, 0.25) is 5.28 Å². The maximum absolute atomic E-state index is 6.02. The molecule has 0 aliphatic heterocycles. The molecule has 2 heterocycles. The van der Waals surface area contributed by atoms with Crippen LogP contribution in [-0.2, 0) is 6.54 Å². The molecule has 0 aliphatic carbocycles. The maximum Gasteiger partial charge on any atom is 0.226 e. The number of nitrogens with two attached hydrogens (primary N) is 1. The molecular weight excluding hydrogens is 370 g/mol. The van der Waals surface area contributed by atoms with Gasteiger partial charge >= 0.3 is 0 Å². The minimum atomic E-state index is 0.158. The van der Waals surface area contributed by atoms with Crippen molar-refractivity contribution in [3.05, 3.63) is 11.1 Å². The summed E-state index contributed by atoms with van der Waals surface area (Å²) in [5.74, 6) is 1.34. The number of nitrogens with zero attached hydrogens (tertiary/aromatic N) is 4. The second-order valence-corrected chi connectivity index (χ2v) is 8.30. The summed E-state index contributed by atoms with van der Waals surface area (Å²) < 4.78 is 2.13. The van der Waals surface area contributed by atoms with Crippen molar-refractivity contribution in [2.75, 3.05) is 5.73 Å². The number of halogens is 1. The van der Waals surface area contributed by atoms with Crippen LogP contribution in [0.5, 0.6) is 0 Å². The molecule has 0 saturated heterocycles. The zero-order chi connectivity index (χ0) is 20.2. The Morgan fingerprint density at radius 1 is 0.750 bits per heavy atom. The van der Waals surface area contributed by atoms with E-state index in [2.05, 4.69) is 26.4 Å². The molecule has 2 rings (SSSR count). The average Bonchev–Trinajstić information content (AvgIpc) is 2.97. The first-order valence-corrected chi connectivity index (χ1v) is 11.7. The van der Waals surface area contributed by atoms with E-state index < -0.39 is 0 Å². The first-order valence-electron chi connectivity index (χ1n) is 11.3. The number of aryl methyl sites for hydroxylation is 2. The normalized spacial score (nSPS) is 11.5. The van der Waals surface area contributed by atoms with E-state index in [4.69, 9.17) is 17.3 Å². The Morgan fingerprint density at radius 2 is 1.25 bits per heavy atom. The van der Waals surface area contributed by atoms with E-state index in [0.717, 1.165) is 24.3 Å². The van der Waals surface area contributed by atoms with Crippen molar-refractivity contribution in [2.45, 2.75) is 110 Å². The number of rotatable bonds is 15. The highest BCUT2D eigenvalue weighted by Crippen LogP contribution is 2.22. The summed E-state index contributed by atoms with van der Waals surface area (Å²) in [5, 5.41) is 0.158. The lowest BCUT2D eigenvalue weighted by atomic mass is 10.0. The van der Waals surface area contributed by atoms with Gasteiger partial charge in [-0.1, -0.05) is 90.4 Å². The van der Waals surface area contributed by atoms with Crippen LogP contribution in [0.25, 0.3) is 11.2 Å². The lowest BCUT2D eigenvalue weighted by Crippen LogP contribution is -2.04. The van der Waals surface area contributed by atoms with Crippen molar-refractivity contribution in [1.82, 2.24) is 19.5 Å². The van der Waals surface area contributed by atoms with E-state index in [1.165, 1.54) is 83.5 Å². The Kier molecular flexibility index (Phi) is 10.6. The summed E-state index contributed by atoms with van der Waals surface area (Å²) in [4.78, 5) is 12.7. The quantitative estimate of drug-likeness (QED) is 0.259. The van der Waals surface area contributed by atoms with Crippen LogP contribution in [-0.4, -0.2) is 19.5 Å². The SMILES string of the molecule is CCCCCCCCCCCCCCCCn1c(C)nc2nc(Cl)nc(N)c21. The molecule has 2 aromatic heterocycles. The molecular formula is C22H38ClN5. The highest BCUT2D eigenvalue weighted by atomic mass is 35.5. The van der Waals surface area contributed by atoms with Crippen molar-refractivity contribution >= 4 is 28.6 Å². The number of aromatic nitrogens is 4. The van der Waals surface area contributed by atoms with Crippen molar-refractivity contribution in [3.63, 3.8) is 0 Å². The molecule has 28 heavy (non-hydrogen) atoms. The van der Waals surface area contributed by atoms with Gasteiger partial charge in [-0.15, -0.1) is 0 Å². The van der Waals surface area contributed by atoms with Crippen LogP contribution in [0.3, 0.4) is 0 Å². The smallest absolute Gasteiger partial charge is 0.226 e. The summed E-state index contributed by atoms with van der Waals surface area (Å²) in [6, 6.07) is 0. The maximum atomic E-state index is 6.02. The van der Waals surface area contributed by atoms with E-state index in [1.807, 2.05) is 6.92 Å². The predicted molar refractivity (Wildman–Crippen MR) is 120 cm³/mol. The summed E-state index contributed by atoms with van der Waals surface area (Å²) in [5.41, 5.74) is 7.44. The van der Waals surface area contributed by atoms with Crippen molar-refractivity contribution in [1.29, 1.82) is 0 Å². The molecule has 0 amide bonds. The number of unbranched alkanes of at least 4 members (excludes halogenated alkanes) is 13. The lowest BCUT2D eigenvalue weighted by Gasteiger charge is -2.08. The van der Waals surface area contributed by atoms with E-state index in [-0.39, 0.29) is 5.28 Å². The summed E-state index contributed by atoms with van der Waals surface area (Å²) in [6.45, 7) is 5.18. The van der Waals surface area contributed by atoms with E-state index in [1.54, 1.807) is 0 Å². The standard InChI is InChI=1S/C22H38ClN5/c1-3-4-5-6-7-8-9-10-11-12-13-14-15-16-17-28-18(2)25-21-19(28)20(24)26-22(23)27-21/h3-17H2,1-2H3,(H2,24,26,27). The van der Waals surface area contributed by atoms with Gasteiger partial charge in [0.15, 0.2) is 11.5 Å². The second-order valence-electron chi connectivity index (χ2n) is 7.96. The fourth-order valence-electron chi connectivity index (χ4n) is 3.88. The number of hydrogen-bond donors (Lipinski definition) is 1. The van der Waals surface area contributed by atoms with Crippen molar-refractivity contribution < 1.29 is 0 Å². The lowest BCUT2D eigenvalue weighted by molar-refractivity contribution is 0.524. The van der Waals surface area contributed by atoms with Gasteiger partial charge in [-0.05, 0) is 24.9 Å². The van der Waals surface area contributed by atoms with Crippen LogP contribution in [0.2, 0.25) is 5.28 Å². The molecule has 0 saturated carbocycles. The van der Waals surface area contributed by atoms with Crippen LogP contribution in [0, 0.1) is 6.92 Å². The Bertz CT molecular complexity index is 698. The van der Waals surface area contributed by atoms with Gasteiger partial charge in [0.05, 0.1) is 0 Å². The van der Waals surface area contributed by atoms with Gasteiger partial charge in [0.25, 0.3) is 0 Å². The third kappa shape index (κ3) is 7.57. The van der Waals surface area contributed by atoms with Gasteiger partial charge < -0.3 is 10.3 Å². The summed E-state index contributed by atoms with van der Waals surface area (Å²) >= 11 is 5.87. The minimum absolute atomic E-state index is 0.158. The first-order chi connectivity index (χ1) is 13.6. The van der Waals surface area contributed by atoms with Crippen LogP contribution >= 0.6 is 11.6 Å². The van der Waals surface area contributed by atoms with Crippen LogP contribution < -0.4 is 5.73 Å². The Labute approximate surface area is 175 Å². The number of fused-ring (bicyclic) bond motifs is 1. The van der Waals surface area contributed by atoms with Crippen LogP contribution in [0.1, 0.15) is 103 Å². The largest absolute Gasteiger partial charge is 0.382 e. The minimum Gasteiger partial charge on any atom is -0.382 e. The van der Waals surface area contributed by atoms with Gasteiger partial charge in [-0.2, -0.15) is 9.97 Å². The first kappa shape index (κ1) is 22.9. The molecule has 2 N–H and O–H groups in total. The van der Waals surface area contributed by atoms with Gasteiger partial charge in [-0.3, -0.25) is 0 Å². The summed E-state index contributed by atoms with van der Waals surface area (Å²) in [6.07, 6.45) is 19.1. The third-order valence-electron chi connectivity index (χ3n) is 5.53. The zero-order valence-corrected chi connectivity index (χ0v) is 18.6. The third-order valence-corrected chi connectivity index (χ3v) is 5.70. The Balaban J connectivity index is 1.52. The van der Waals surface area contributed by atoms with Crippen molar-refractivity contribution in [3.8, 4) is 0 Å².